The van der Waals surface area contributed by atoms with Gasteiger partial charge in [-0.1, -0.05) is 12.1 Å². The van der Waals surface area contributed by atoms with Crippen molar-refractivity contribution in [2.75, 3.05) is 0 Å². The van der Waals surface area contributed by atoms with Gasteiger partial charge in [-0.15, -0.1) is 11.3 Å². The summed E-state index contributed by atoms with van der Waals surface area (Å²) in [6.07, 6.45) is -2.69. The molecule has 0 amide bonds. The Morgan fingerprint density at radius 3 is 2.54 bits per heavy atom. The first-order valence-electron chi connectivity index (χ1n) is 8.70. The van der Waals surface area contributed by atoms with Crippen molar-refractivity contribution in [3.63, 3.8) is 0 Å². The van der Waals surface area contributed by atoms with Crippen LogP contribution in [-0.4, -0.2) is 9.97 Å². The number of hydrogen-bond donors (Lipinski definition) is 1. The van der Waals surface area contributed by atoms with Gasteiger partial charge >= 0.3 is 6.18 Å². The van der Waals surface area contributed by atoms with Crippen molar-refractivity contribution in [3.8, 4) is 16.3 Å². The highest BCUT2D eigenvalue weighted by molar-refractivity contribution is 7.15. The standard InChI is InChI=1S/C21H17F3N2OS/c1-12-19(13(2)27-17-7-8-18-15(11-17)9-10-25-18)28-20(26-12)14-3-5-16(6-4-14)21(22,23)24/h3-11,13,25H,1-2H3. The number of rotatable bonds is 4. The summed E-state index contributed by atoms with van der Waals surface area (Å²) < 4.78 is 44.3. The summed E-state index contributed by atoms with van der Waals surface area (Å²) in [6, 6.07) is 12.9. The quantitative estimate of drug-likeness (QED) is 0.410. The van der Waals surface area contributed by atoms with E-state index in [-0.39, 0.29) is 6.10 Å². The molecule has 0 aliphatic carbocycles. The number of thiazole rings is 1. The zero-order chi connectivity index (χ0) is 19.9. The molecule has 2 aromatic carbocycles. The summed E-state index contributed by atoms with van der Waals surface area (Å²) in [5.41, 5.74) is 1.85. The molecular formula is C21H17F3N2OS. The van der Waals surface area contributed by atoms with Crippen molar-refractivity contribution in [1.29, 1.82) is 0 Å². The lowest BCUT2D eigenvalue weighted by molar-refractivity contribution is -0.137. The molecule has 0 aliphatic heterocycles. The van der Waals surface area contributed by atoms with E-state index in [1.165, 1.54) is 23.5 Å². The average molecular weight is 402 g/mol. The first-order valence-corrected chi connectivity index (χ1v) is 9.51. The smallest absolute Gasteiger partial charge is 0.416 e. The normalized spacial score (nSPS) is 13.0. The lowest BCUT2D eigenvalue weighted by Crippen LogP contribution is -2.03. The SMILES string of the molecule is Cc1nc(-c2ccc(C(F)(F)F)cc2)sc1C(C)Oc1ccc2[nH]ccc2c1. The Labute approximate surface area is 163 Å². The van der Waals surface area contributed by atoms with Crippen LogP contribution in [0.2, 0.25) is 0 Å². The molecule has 0 fully saturated rings. The number of aryl methyl sites for hydroxylation is 1. The van der Waals surface area contributed by atoms with Gasteiger partial charge < -0.3 is 9.72 Å². The van der Waals surface area contributed by atoms with E-state index >= 15 is 0 Å². The van der Waals surface area contributed by atoms with Gasteiger partial charge in [-0.3, -0.25) is 0 Å². The highest BCUT2D eigenvalue weighted by atomic mass is 32.1. The number of aromatic nitrogens is 2. The van der Waals surface area contributed by atoms with E-state index in [2.05, 4.69) is 9.97 Å². The Bertz CT molecular complexity index is 1110. The maximum atomic E-state index is 12.7. The molecule has 3 nitrogen and oxygen atoms in total. The lowest BCUT2D eigenvalue weighted by atomic mass is 10.1. The van der Waals surface area contributed by atoms with Gasteiger partial charge in [-0.2, -0.15) is 13.2 Å². The van der Waals surface area contributed by atoms with E-state index in [1.54, 1.807) is 0 Å². The molecule has 0 spiro atoms. The molecule has 1 unspecified atom stereocenters. The Morgan fingerprint density at radius 2 is 1.82 bits per heavy atom. The summed E-state index contributed by atoms with van der Waals surface area (Å²) >= 11 is 1.44. The molecule has 4 aromatic rings. The molecule has 7 heteroatoms. The van der Waals surface area contributed by atoms with Crippen molar-refractivity contribution in [1.82, 2.24) is 9.97 Å². The molecule has 1 N–H and O–H groups in total. The molecule has 0 saturated carbocycles. The van der Waals surface area contributed by atoms with Crippen molar-refractivity contribution in [2.24, 2.45) is 0 Å². The number of nitrogens with zero attached hydrogens (tertiary/aromatic N) is 1. The van der Waals surface area contributed by atoms with Gasteiger partial charge in [0.1, 0.15) is 16.9 Å². The van der Waals surface area contributed by atoms with Gasteiger partial charge in [-0.25, -0.2) is 4.98 Å². The molecule has 2 heterocycles. The Hall–Kier alpha value is -2.80. The van der Waals surface area contributed by atoms with E-state index in [4.69, 9.17) is 4.74 Å². The van der Waals surface area contributed by atoms with E-state index in [1.807, 2.05) is 44.3 Å². The van der Waals surface area contributed by atoms with E-state index in [0.717, 1.165) is 39.4 Å². The van der Waals surface area contributed by atoms with Crippen LogP contribution in [0.15, 0.2) is 54.7 Å². The van der Waals surface area contributed by atoms with Gasteiger partial charge in [0.25, 0.3) is 0 Å². The molecule has 2 aromatic heterocycles. The number of ether oxygens (including phenoxy) is 1. The molecule has 144 valence electrons. The fraction of sp³-hybridized carbons (Fsp3) is 0.190. The molecule has 0 aliphatic rings. The van der Waals surface area contributed by atoms with Crippen LogP contribution in [0.25, 0.3) is 21.5 Å². The van der Waals surface area contributed by atoms with E-state index in [9.17, 15) is 13.2 Å². The van der Waals surface area contributed by atoms with Crippen LogP contribution in [-0.2, 0) is 6.18 Å². The van der Waals surface area contributed by atoms with Gasteiger partial charge in [0.15, 0.2) is 0 Å². The number of nitrogens with one attached hydrogen (secondary N) is 1. The van der Waals surface area contributed by atoms with E-state index < -0.39 is 11.7 Å². The number of aromatic amines is 1. The fourth-order valence-corrected chi connectivity index (χ4v) is 4.13. The van der Waals surface area contributed by atoms with Crippen molar-refractivity contribution < 1.29 is 17.9 Å². The zero-order valence-electron chi connectivity index (χ0n) is 15.2. The summed E-state index contributed by atoms with van der Waals surface area (Å²) in [6.45, 7) is 3.83. The third kappa shape index (κ3) is 3.62. The van der Waals surface area contributed by atoms with Gasteiger partial charge in [0.05, 0.1) is 16.1 Å². The number of alkyl halides is 3. The largest absolute Gasteiger partial charge is 0.485 e. The van der Waals surface area contributed by atoms with Crippen LogP contribution in [0.3, 0.4) is 0 Å². The number of hydrogen-bond acceptors (Lipinski definition) is 3. The Balaban J connectivity index is 1.56. The van der Waals surface area contributed by atoms with Gasteiger partial charge in [-0.05, 0) is 50.2 Å². The zero-order valence-corrected chi connectivity index (χ0v) is 16.0. The van der Waals surface area contributed by atoms with Crippen LogP contribution in [0.5, 0.6) is 5.75 Å². The summed E-state index contributed by atoms with van der Waals surface area (Å²) in [5, 5.41) is 1.74. The number of fused-ring (bicyclic) bond motifs is 1. The molecule has 0 saturated heterocycles. The third-order valence-corrected chi connectivity index (χ3v) is 5.87. The monoisotopic (exact) mass is 402 g/mol. The van der Waals surface area contributed by atoms with Crippen LogP contribution in [0.1, 0.15) is 29.2 Å². The predicted molar refractivity (Wildman–Crippen MR) is 105 cm³/mol. The predicted octanol–water partition coefficient (Wildman–Crippen LogP) is 6.76. The second-order valence-electron chi connectivity index (χ2n) is 6.53. The molecule has 1 atom stereocenters. The second-order valence-corrected chi connectivity index (χ2v) is 7.56. The minimum absolute atomic E-state index is 0.225. The minimum atomic E-state index is -4.34. The van der Waals surface area contributed by atoms with Crippen LogP contribution in [0.4, 0.5) is 13.2 Å². The first-order chi connectivity index (χ1) is 13.3. The third-order valence-electron chi connectivity index (χ3n) is 4.50. The Kier molecular flexibility index (Phi) is 4.63. The lowest BCUT2D eigenvalue weighted by Gasteiger charge is -2.13. The minimum Gasteiger partial charge on any atom is -0.485 e. The first kappa shape index (κ1) is 18.6. The Morgan fingerprint density at radius 1 is 1.07 bits per heavy atom. The highest BCUT2D eigenvalue weighted by Crippen LogP contribution is 2.36. The molecule has 0 radical (unpaired) electrons. The maximum absolute atomic E-state index is 12.7. The van der Waals surface area contributed by atoms with Crippen molar-refractivity contribution >= 4 is 22.2 Å². The summed E-state index contributed by atoms with van der Waals surface area (Å²) in [4.78, 5) is 8.62. The summed E-state index contributed by atoms with van der Waals surface area (Å²) in [5.74, 6) is 0.753. The second kappa shape index (κ2) is 6.98. The van der Waals surface area contributed by atoms with Gasteiger partial charge in [0, 0.05) is 22.7 Å². The maximum Gasteiger partial charge on any atom is 0.416 e. The van der Waals surface area contributed by atoms with Crippen molar-refractivity contribution in [2.45, 2.75) is 26.1 Å². The van der Waals surface area contributed by atoms with Crippen LogP contribution in [0, 0.1) is 6.92 Å². The molecule has 0 bridgehead atoms. The van der Waals surface area contributed by atoms with Crippen molar-refractivity contribution in [3.05, 3.63) is 70.9 Å². The average Bonchev–Trinajstić information content (AvgIpc) is 3.27. The summed E-state index contributed by atoms with van der Waals surface area (Å²) in [7, 11) is 0. The fourth-order valence-electron chi connectivity index (χ4n) is 3.07. The topological polar surface area (TPSA) is 37.9 Å². The number of benzene rings is 2. The number of H-pyrrole nitrogens is 1. The number of halogens is 3. The molecule has 4 rings (SSSR count). The molecular weight excluding hydrogens is 385 g/mol. The van der Waals surface area contributed by atoms with Gasteiger partial charge in [0.2, 0.25) is 0 Å². The van der Waals surface area contributed by atoms with E-state index in [0.29, 0.717) is 10.6 Å². The van der Waals surface area contributed by atoms with Crippen LogP contribution < -0.4 is 4.74 Å². The molecule has 28 heavy (non-hydrogen) atoms. The van der Waals surface area contributed by atoms with Crippen LogP contribution >= 0.6 is 11.3 Å². The highest BCUT2D eigenvalue weighted by Gasteiger charge is 2.30.